The first-order valence-corrected chi connectivity index (χ1v) is 7.49. The lowest BCUT2D eigenvalue weighted by molar-refractivity contribution is 0.0722. The number of aromatic nitrogens is 4. The molecule has 0 radical (unpaired) electrons. The zero-order chi connectivity index (χ0) is 15.9. The maximum atomic E-state index is 12.2. The first-order chi connectivity index (χ1) is 10.4. The number of ether oxygens (including phenoxy) is 1. The molecule has 0 saturated carbocycles. The number of hydrogen-bond donors (Lipinski definition) is 0. The Morgan fingerprint density at radius 2 is 2.05 bits per heavy atom. The highest BCUT2D eigenvalue weighted by Crippen LogP contribution is 2.28. The Kier molecular flexibility index (Phi) is 3.84. The third kappa shape index (κ3) is 2.82. The van der Waals surface area contributed by atoms with Crippen LogP contribution in [0.25, 0.3) is 5.78 Å². The Hall–Kier alpha value is -1.99. The second-order valence-electron chi connectivity index (χ2n) is 4.65. The van der Waals surface area contributed by atoms with Crippen molar-refractivity contribution in [2.24, 2.45) is 0 Å². The number of rotatable bonds is 2. The summed E-state index contributed by atoms with van der Waals surface area (Å²) in [5, 5.41) is 4.43. The molecule has 6 nitrogen and oxygen atoms in total. The van der Waals surface area contributed by atoms with Crippen LogP contribution in [0.4, 0.5) is 0 Å². The molecule has 22 heavy (non-hydrogen) atoms. The highest BCUT2D eigenvalue weighted by atomic mass is 79.9. The lowest BCUT2D eigenvalue weighted by atomic mass is 10.3. The lowest BCUT2D eigenvalue weighted by Crippen LogP contribution is -2.11. The van der Waals surface area contributed by atoms with Crippen molar-refractivity contribution in [3.63, 3.8) is 0 Å². The number of esters is 1. The van der Waals surface area contributed by atoms with Gasteiger partial charge in [-0.05, 0) is 38.1 Å². The Morgan fingerprint density at radius 3 is 2.77 bits per heavy atom. The van der Waals surface area contributed by atoms with Crippen LogP contribution in [0.3, 0.4) is 0 Å². The van der Waals surface area contributed by atoms with Crippen molar-refractivity contribution in [2.45, 2.75) is 13.8 Å². The molecule has 0 aliphatic carbocycles. The summed E-state index contributed by atoms with van der Waals surface area (Å²) in [7, 11) is 0. The fraction of sp³-hybridized carbons (Fsp3) is 0.143. The van der Waals surface area contributed by atoms with E-state index >= 15 is 0 Å². The number of benzene rings is 1. The Balaban J connectivity index is 1.93. The average Bonchev–Trinajstić information content (AvgIpc) is 2.86. The summed E-state index contributed by atoms with van der Waals surface area (Å²) in [6.45, 7) is 3.71. The van der Waals surface area contributed by atoms with Crippen LogP contribution in [0.5, 0.6) is 5.75 Å². The molecule has 0 amide bonds. The highest BCUT2D eigenvalue weighted by Gasteiger charge is 2.18. The van der Waals surface area contributed by atoms with Crippen molar-refractivity contribution >= 4 is 39.3 Å². The van der Waals surface area contributed by atoms with E-state index in [2.05, 4.69) is 31.0 Å². The Morgan fingerprint density at radius 1 is 1.27 bits per heavy atom. The second kappa shape index (κ2) is 5.66. The molecule has 0 unspecified atom stereocenters. The van der Waals surface area contributed by atoms with Gasteiger partial charge in [0, 0.05) is 15.9 Å². The molecule has 0 bridgehead atoms. The summed E-state index contributed by atoms with van der Waals surface area (Å²) in [4.78, 5) is 20.5. The van der Waals surface area contributed by atoms with Gasteiger partial charge in [-0.25, -0.2) is 14.3 Å². The van der Waals surface area contributed by atoms with Gasteiger partial charge in [-0.3, -0.25) is 0 Å². The summed E-state index contributed by atoms with van der Waals surface area (Å²) >= 11 is 9.30. The summed E-state index contributed by atoms with van der Waals surface area (Å²) in [6.07, 6.45) is 0. The zero-order valence-corrected chi connectivity index (χ0v) is 14.0. The number of aryl methyl sites for hydroxylation is 2. The van der Waals surface area contributed by atoms with Crippen molar-refractivity contribution in [1.29, 1.82) is 0 Å². The van der Waals surface area contributed by atoms with E-state index in [1.807, 2.05) is 19.9 Å². The predicted molar refractivity (Wildman–Crippen MR) is 84.4 cm³/mol. The average molecular weight is 382 g/mol. The minimum atomic E-state index is -0.688. The number of fused-ring (bicyclic) bond motifs is 1. The molecule has 0 N–H and O–H groups in total. The summed E-state index contributed by atoms with van der Waals surface area (Å²) in [5.74, 6) is -0.159. The smallest absolute Gasteiger partial charge is 0.383 e. The quantitative estimate of drug-likeness (QED) is 0.503. The van der Waals surface area contributed by atoms with E-state index < -0.39 is 5.97 Å². The molecule has 0 fully saturated rings. The maximum absolute atomic E-state index is 12.2. The number of hydrogen-bond acceptors (Lipinski definition) is 5. The van der Waals surface area contributed by atoms with E-state index in [1.54, 1.807) is 18.2 Å². The lowest BCUT2D eigenvalue weighted by Gasteiger charge is -2.03. The molecule has 0 saturated heterocycles. The van der Waals surface area contributed by atoms with Crippen LogP contribution in [0, 0.1) is 13.8 Å². The topological polar surface area (TPSA) is 69.4 Å². The molecule has 3 aromatic rings. The Bertz CT molecular complexity index is 894. The maximum Gasteiger partial charge on any atom is 0.383 e. The third-order valence-electron chi connectivity index (χ3n) is 2.90. The van der Waals surface area contributed by atoms with Crippen LogP contribution in [-0.2, 0) is 0 Å². The fourth-order valence-corrected chi connectivity index (χ4v) is 2.67. The van der Waals surface area contributed by atoms with Gasteiger partial charge in [0.1, 0.15) is 5.75 Å². The van der Waals surface area contributed by atoms with Gasteiger partial charge in [0.05, 0.1) is 5.02 Å². The molecule has 1 aromatic carbocycles. The van der Waals surface area contributed by atoms with Crippen molar-refractivity contribution < 1.29 is 9.53 Å². The normalized spacial score (nSPS) is 10.9. The van der Waals surface area contributed by atoms with E-state index in [0.717, 1.165) is 15.9 Å². The van der Waals surface area contributed by atoms with Crippen LogP contribution >= 0.6 is 27.5 Å². The number of carbonyl (C=O) groups excluding carboxylic acids is 1. The molecular weight excluding hydrogens is 372 g/mol. The number of carbonyl (C=O) groups is 1. The first-order valence-electron chi connectivity index (χ1n) is 6.32. The van der Waals surface area contributed by atoms with Crippen molar-refractivity contribution in [3.8, 4) is 5.75 Å². The summed E-state index contributed by atoms with van der Waals surface area (Å²) < 4.78 is 7.51. The predicted octanol–water partition coefficient (Wildman–Crippen LogP) is 3.38. The van der Waals surface area contributed by atoms with Gasteiger partial charge in [-0.1, -0.05) is 27.5 Å². The van der Waals surface area contributed by atoms with Gasteiger partial charge in [0.25, 0.3) is 11.6 Å². The van der Waals surface area contributed by atoms with E-state index in [-0.39, 0.29) is 11.6 Å². The largest absolute Gasteiger partial charge is 0.419 e. The molecule has 0 aliphatic rings. The van der Waals surface area contributed by atoms with Gasteiger partial charge in [-0.2, -0.15) is 4.98 Å². The van der Waals surface area contributed by atoms with Crippen LogP contribution in [0.15, 0.2) is 28.7 Å². The van der Waals surface area contributed by atoms with Crippen molar-refractivity contribution in [2.75, 3.05) is 0 Å². The highest BCUT2D eigenvalue weighted by molar-refractivity contribution is 9.10. The molecule has 0 spiro atoms. The Labute approximate surface area is 139 Å². The van der Waals surface area contributed by atoms with Crippen LogP contribution in [-0.4, -0.2) is 25.6 Å². The molecule has 2 aromatic heterocycles. The SMILES string of the molecule is Cc1cc(C)n2nc(C(=O)Oc3ccc(Br)cc3Cl)nc2n1. The minimum Gasteiger partial charge on any atom is -0.419 e. The number of halogens is 2. The molecule has 112 valence electrons. The number of nitrogens with zero attached hydrogens (tertiary/aromatic N) is 4. The monoisotopic (exact) mass is 380 g/mol. The standard InChI is InChI=1S/C14H10BrClN4O2/c1-7-5-8(2)20-14(17-7)18-12(19-20)13(21)22-11-4-3-9(15)6-10(11)16/h3-6H,1-2H3. The first kappa shape index (κ1) is 14.9. The van der Waals surface area contributed by atoms with Gasteiger partial charge < -0.3 is 4.74 Å². The van der Waals surface area contributed by atoms with Gasteiger partial charge in [0.15, 0.2) is 0 Å². The zero-order valence-electron chi connectivity index (χ0n) is 11.7. The van der Waals surface area contributed by atoms with Gasteiger partial charge in [0.2, 0.25) is 0 Å². The van der Waals surface area contributed by atoms with Gasteiger partial charge in [-0.15, -0.1) is 5.10 Å². The molecule has 3 rings (SSSR count). The summed E-state index contributed by atoms with van der Waals surface area (Å²) in [5.41, 5.74) is 1.63. The molecular formula is C14H10BrClN4O2. The third-order valence-corrected chi connectivity index (χ3v) is 3.69. The second-order valence-corrected chi connectivity index (χ2v) is 5.97. The van der Waals surface area contributed by atoms with E-state index in [4.69, 9.17) is 16.3 Å². The fourth-order valence-electron chi connectivity index (χ4n) is 1.96. The molecule has 8 heteroatoms. The summed E-state index contributed by atoms with van der Waals surface area (Å²) in [6, 6.07) is 6.80. The molecule has 2 heterocycles. The minimum absolute atomic E-state index is 0.0693. The molecule has 0 atom stereocenters. The van der Waals surface area contributed by atoms with Gasteiger partial charge >= 0.3 is 5.97 Å². The van der Waals surface area contributed by atoms with E-state index in [0.29, 0.717) is 10.8 Å². The van der Waals surface area contributed by atoms with Crippen LogP contribution in [0.2, 0.25) is 5.02 Å². The molecule has 0 aliphatic heterocycles. The van der Waals surface area contributed by atoms with E-state index in [1.165, 1.54) is 4.52 Å². The van der Waals surface area contributed by atoms with Crippen LogP contribution in [0.1, 0.15) is 22.0 Å². The van der Waals surface area contributed by atoms with Crippen molar-refractivity contribution in [1.82, 2.24) is 19.6 Å². The van der Waals surface area contributed by atoms with Crippen LogP contribution < -0.4 is 4.74 Å². The van der Waals surface area contributed by atoms with E-state index in [9.17, 15) is 4.79 Å². The van der Waals surface area contributed by atoms with Crippen molar-refractivity contribution in [3.05, 3.63) is 51.0 Å².